The maximum Gasteiger partial charge on any atom is 0.223 e. The molecule has 3 N–H and O–H groups in total. The molecule has 2 rings (SSSR count). The number of aryl methyl sites for hydroxylation is 1. The van der Waals surface area contributed by atoms with Crippen LogP contribution in [0.2, 0.25) is 0 Å². The molecule has 1 amide bonds. The van der Waals surface area contributed by atoms with Crippen molar-refractivity contribution in [3.05, 3.63) is 11.7 Å². The van der Waals surface area contributed by atoms with Crippen molar-refractivity contribution in [3.8, 4) is 0 Å². The minimum absolute atomic E-state index is 0.00481. The van der Waals surface area contributed by atoms with Gasteiger partial charge in [-0.05, 0) is 32.6 Å². The monoisotopic (exact) mass is 266 g/mol. The van der Waals surface area contributed by atoms with E-state index in [1.807, 2.05) is 13.8 Å². The number of hydrogen-bond acceptors (Lipinski definition) is 5. The fraction of sp³-hybridized carbons (Fsp3) is 0.769. The minimum Gasteiger partial charge on any atom is -0.344 e. The van der Waals surface area contributed by atoms with E-state index in [1.54, 1.807) is 6.92 Å². The van der Waals surface area contributed by atoms with Gasteiger partial charge in [0.1, 0.15) is 0 Å². The molecule has 1 fully saturated rings. The highest BCUT2D eigenvalue weighted by Crippen LogP contribution is 2.27. The molecule has 6 heteroatoms. The minimum atomic E-state index is -0.627. The summed E-state index contributed by atoms with van der Waals surface area (Å²) < 4.78 is 4.95. The molecule has 1 aromatic rings. The molecule has 106 valence electrons. The number of carbonyl (C=O) groups excluding carboxylic acids is 1. The van der Waals surface area contributed by atoms with Crippen molar-refractivity contribution >= 4 is 5.91 Å². The quantitative estimate of drug-likeness (QED) is 0.855. The van der Waals surface area contributed by atoms with Crippen LogP contribution in [-0.2, 0) is 10.3 Å². The number of nitrogens with one attached hydrogen (secondary N) is 1. The Bertz CT molecular complexity index is 455. The molecule has 1 heterocycles. The molecule has 1 aromatic heterocycles. The fourth-order valence-electron chi connectivity index (χ4n) is 2.57. The number of rotatable bonds is 4. The molecule has 2 atom stereocenters. The van der Waals surface area contributed by atoms with E-state index < -0.39 is 5.54 Å². The van der Waals surface area contributed by atoms with Crippen LogP contribution in [0, 0.1) is 12.8 Å². The zero-order valence-corrected chi connectivity index (χ0v) is 11.8. The maximum atomic E-state index is 12.1. The summed E-state index contributed by atoms with van der Waals surface area (Å²) in [6, 6.07) is 0.154. The van der Waals surface area contributed by atoms with Crippen molar-refractivity contribution in [2.45, 2.75) is 58.0 Å². The van der Waals surface area contributed by atoms with Crippen molar-refractivity contribution in [3.63, 3.8) is 0 Å². The third-order valence-electron chi connectivity index (χ3n) is 3.70. The molecule has 0 radical (unpaired) electrons. The second-order valence-corrected chi connectivity index (χ2v) is 5.87. The van der Waals surface area contributed by atoms with Crippen LogP contribution in [0.5, 0.6) is 0 Å². The third kappa shape index (κ3) is 3.32. The van der Waals surface area contributed by atoms with E-state index in [2.05, 4.69) is 15.5 Å². The zero-order valence-electron chi connectivity index (χ0n) is 11.8. The molecule has 0 unspecified atom stereocenters. The second kappa shape index (κ2) is 5.28. The Morgan fingerprint density at radius 1 is 1.53 bits per heavy atom. The lowest BCUT2D eigenvalue weighted by Gasteiger charge is -2.24. The van der Waals surface area contributed by atoms with Gasteiger partial charge in [-0.15, -0.1) is 0 Å². The van der Waals surface area contributed by atoms with Crippen LogP contribution in [0.15, 0.2) is 4.52 Å². The predicted molar refractivity (Wildman–Crippen MR) is 70.1 cm³/mol. The van der Waals surface area contributed by atoms with Gasteiger partial charge in [-0.2, -0.15) is 4.98 Å². The van der Waals surface area contributed by atoms with Crippen molar-refractivity contribution in [1.82, 2.24) is 15.5 Å². The molecule has 6 nitrogen and oxygen atoms in total. The Kier molecular flexibility index (Phi) is 3.89. The number of amides is 1. The van der Waals surface area contributed by atoms with Crippen molar-refractivity contribution in [2.24, 2.45) is 11.7 Å². The van der Waals surface area contributed by atoms with Crippen molar-refractivity contribution in [2.75, 3.05) is 0 Å². The van der Waals surface area contributed by atoms with E-state index in [-0.39, 0.29) is 11.9 Å². The van der Waals surface area contributed by atoms with Gasteiger partial charge >= 0.3 is 0 Å². The first-order chi connectivity index (χ1) is 8.88. The highest BCUT2D eigenvalue weighted by Gasteiger charge is 2.31. The number of hydrogen-bond donors (Lipinski definition) is 2. The van der Waals surface area contributed by atoms with E-state index in [1.165, 1.54) is 0 Å². The zero-order chi connectivity index (χ0) is 14.0. The van der Waals surface area contributed by atoms with Crippen LogP contribution in [0.1, 0.15) is 51.2 Å². The lowest BCUT2D eigenvalue weighted by Crippen LogP contribution is -2.43. The lowest BCUT2D eigenvalue weighted by molar-refractivity contribution is -0.123. The van der Waals surface area contributed by atoms with Crippen LogP contribution in [0.25, 0.3) is 0 Å². The van der Waals surface area contributed by atoms with E-state index in [0.29, 0.717) is 24.1 Å². The van der Waals surface area contributed by atoms with E-state index >= 15 is 0 Å². The summed E-state index contributed by atoms with van der Waals surface area (Å²) in [5.41, 5.74) is 5.36. The van der Waals surface area contributed by atoms with Crippen LogP contribution in [-0.4, -0.2) is 22.1 Å². The Hall–Kier alpha value is -1.43. The van der Waals surface area contributed by atoms with Gasteiger partial charge in [0.2, 0.25) is 11.8 Å². The van der Waals surface area contributed by atoms with E-state index in [4.69, 9.17) is 10.3 Å². The van der Waals surface area contributed by atoms with Crippen LogP contribution < -0.4 is 11.1 Å². The summed E-state index contributed by atoms with van der Waals surface area (Å²) >= 11 is 0. The fourth-order valence-corrected chi connectivity index (χ4v) is 2.57. The molecule has 1 saturated carbocycles. The third-order valence-corrected chi connectivity index (χ3v) is 3.70. The SMILES string of the molecule is Cc1nc(C(C)(C)NC(=O)C[C@@H]2CCC[C@H]2N)no1. The normalized spacial score (nSPS) is 23.6. The Balaban J connectivity index is 1.94. The summed E-state index contributed by atoms with van der Waals surface area (Å²) in [5, 5.41) is 6.82. The van der Waals surface area contributed by atoms with Crippen LogP contribution in [0.4, 0.5) is 0 Å². The van der Waals surface area contributed by atoms with Gasteiger partial charge in [0.05, 0.1) is 5.54 Å². The van der Waals surface area contributed by atoms with Gasteiger partial charge in [0.25, 0.3) is 0 Å². The summed E-state index contributed by atoms with van der Waals surface area (Å²) in [4.78, 5) is 16.3. The Morgan fingerprint density at radius 2 is 2.26 bits per heavy atom. The standard InChI is InChI=1S/C13H22N4O2/c1-8-15-12(17-19-8)13(2,3)16-11(18)7-9-5-4-6-10(9)14/h9-10H,4-7,14H2,1-3H3,(H,16,18)/t9-,10+/m0/s1. The number of nitrogens with zero attached hydrogens (tertiary/aromatic N) is 2. The first kappa shape index (κ1) is 14.0. The molecule has 19 heavy (non-hydrogen) atoms. The highest BCUT2D eigenvalue weighted by molar-refractivity contribution is 5.77. The summed E-state index contributed by atoms with van der Waals surface area (Å²) in [6.45, 7) is 5.46. The first-order valence-corrected chi connectivity index (χ1v) is 6.76. The van der Waals surface area contributed by atoms with Gasteiger partial charge in [0, 0.05) is 19.4 Å². The van der Waals surface area contributed by atoms with Crippen molar-refractivity contribution in [1.29, 1.82) is 0 Å². The average Bonchev–Trinajstić information content (AvgIpc) is 2.88. The molecule has 0 aliphatic heterocycles. The predicted octanol–water partition coefficient (Wildman–Crippen LogP) is 1.25. The first-order valence-electron chi connectivity index (χ1n) is 6.76. The summed E-state index contributed by atoms with van der Waals surface area (Å²) in [5.74, 6) is 1.28. The maximum absolute atomic E-state index is 12.1. The molecule has 0 bridgehead atoms. The van der Waals surface area contributed by atoms with E-state index in [0.717, 1.165) is 19.3 Å². The summed E-state index contributed by atoms with van der Waals surface area (Å²) in [6.07, 6.45) is 3.65. The smallest absolute Gasteiger partial charge is 0.223 e. The Morgan fingerprint density at radius 3 is 2.79 bits per heavy atom. The van der Waals surface area contributed by atoms with Gasteiger partial charge in [-0.25, -0.2) is 0 Å². The average molecular weight is 266 g/mol. The molecule has 1 aliphatic carbocycles. The van der Waals surface area contributed by atoms with Crippen LogP contribution >= 0.6 is 0 Å². The van der Waals surface area contributed by atoms with Gasteiger partial charge in [0.15, 0.2) is 5.82 Å². The molecular weight excluding hydrogens is 244 g/mol. The number of nitrogens with two attached hydrogens (primary N) is 1. The highest BCUT2D eigenvalue weighted by atomic mass is 16.5. The van der Waals surface area contributed by atoms with Crippen LogP contribution in [0.3, 0.4) is 0 Å². The summed E-state index contributed by atoms with van der Waals surface area (Å²) in [7, 11) is 0. The largest absolute Gasteiger partial charge is 0.344 e. The van der Waals surface area contributed by atoms with Gasteiger partial charge < -0.3 is 15.6 Å². The second-order valence-electron chi connectivity index (χ2n) is 5.87. The molecule has 0 aromatic carbocycles. The molecule has 0 saturated heterocycles. The topological polar surface area (TPSA) is 94.0 Å². The van der Waals surface area contributed by atoms with Gasteiger partial charge in [-0.1, -0.05) is 11.6 Å². The van der Waals surface area contributed by atoms with Crippen molar-refractivity contribution < 1.29 is 9.32 Å². The lowest BCUT2D eigenvalue weighted by atomic mass is 9.98. The van der Waals surface area contributed by atoms with E-state index in [9.17, 15) is 4.79 Å². The Labute approximate surface area is 113 Å². The van der Waals surface area contributed by atoms with Gasteiger partial charge in [-0.3, -0.25) is 4.79 Å². The molecular formula is C13H22N4O2. The number of aromatic nitrogens is 2. The molecule has 0 spiro atoms. The molecule has 1 aliphatic rings. The number of carbonyl (C=O) groups is 1.